The molecule has 0 saturated heterocycles. The second kappa shape index (κ2) is 6.22. The lowest BCUT2D eigenvalue weighted by molar-refractivity contribution is 0.272. The average molecular weight is 291 g/mol. The van der Waals surface area contributed by atoms with Crippen LogP contribution in [0.5, 0.6) is 5.75 Å². The second-order valence-corrected chi connectivity index (χ2v) is 5.16. The molecule has 0 spiro atoms. The molecule has 2 aromatic rings. The standard InChI is InChI=1S/C15H18FN3O2/c1-2-17-8-10-3-6-13(12(16)7-10)20-9-14-18-15(21-19-14)11-4-5-11/h3,6-7,11,17H,2,4-5,8-9H2,1H3. The van der Waals surface area contributed by atoms with Crippen molar-refractivity contribution in [2.45, 2.75) is 38.8 Å². The maximum absolute atomic E-state index is 13.9. The van der Waals surface area contributed by atoms with E-state index in [1.54, 1.807) is 6.07 Å². The normalized spacial score (nSPS) is 14.4. The molecule has 1 aromatic heterocycles. The maximum atomic E-state index is 13.9. The first-order valence-electron chi connectivity index (χ1n) is 7.20. The van der Waals surface area contributed by atoms with Crippen molar-refractivity contribution in [1.29, 1.82) is 0 Å². The van der Waals surface area contributed by atoms with Gasteiger partial charge in [0.15, 0.2) is 18.2 Å². The molecule has 6 heteroatoms. The zero-order chi connectivity index (χ0) is 14.7. The molecule has 0 amide bonds. The van der Waals surface area contributed by atoms with Gasteiger partial charge in [0, 0.05) is 12.5 Å². The Morgan fingerprint density at radius 2 is 2.29 bits per heavy atom. The molecule has 1 heterocycles. The second-order valence-electron chi connectivity index (χ2n) is 5.16. The van der Waals surface area contributed by atoms with Crippen molar-refractivity contribution in [2.24, 2.45) is 0 Å². The van der Waals surface area contributed by atoms with Gasteiger partial charge in [-0.25, -0.2) is 4.39 Å². The molecule has 0 radical (unpaired) electrons. The Hall–Kier alpha value is -1.95. The molecule has 0 unspecified atom stereocenters. The van der Waals surface area contributed by atoms with Crippen LogP contribution in [-0.4, -0.2) is 16.7 Å². The SMILES string of the molecule is CCNCc1ccc(OCc2noc(C3CC3)n2)c(F)c1. The smallest absolute Gasteiger partial charge is 0.229 e. The third-order valence-electron chi connectivity index (χ3n) is 3.34. The zero-order valence-corrected chi connectivity index (χ0v) is 11.9. The molecular formula is C15H18FN3O2. The lowest BCUT2D eigenvalue weighted by Gasteiger charge is -2.07. The van der Waals surface area contributed by atoms with Crippen LogP contribution in [-0.2, 0) is 13.2 Å². The van der Waals surface area contributed by atoms with E-state index in [0.29, 0.717) is 24.2 Å². The maximum Gasteiger partial charge on any atom is 0.229 e. The van der Waals surface area contributed by atoms with Gasteiger partial charge in [-0.1, -0.05) is 18.1 Å². The highest BCUT2D eigenvalue weighted by Gasteiger charge is 2.29. The molecule has 112 valence electrons. The number of aromatic nitrogens is 2. The van der Waals surface area contributed by atoms with E-state index < -0.39 is 0 Å². The summed E-state index contributed by atoms with van der Waals surface area (Å²) >= 11 is 0. The molecule has 1 fully saturated rings. The molecule has 1 aliphatic carbocycles. The summed E-state index contributed by atoms with van der Waals surface area (Å²) in [5.74, 6) is 1.35. The van der Waals surface area contributed by atoms with Gasteiger partial charge < -0.3 is 14.6 Å². The molecule has 1 saturated carbocycles. The van der Waals surface area contributed by atoms with Crippen molar-refractivity contribution in [1.82, 2.24) is 15.5 Å². The molecule has 1 aromatic carbocycles. The number of nitrogens with one attached hydrogen (secondary N) is 1. The van der Waals surface area contributed by atoms with Crippen molar-refractivity contribution in [3.05, 3.63) is 41.3 Å². The Bertz CT molecular complexity index is 611. The molecule has 0 atom stereocenters. The van der Waals surface area contributed by atoms with E-state index in [2.05, 4.69) is 15.5 Å². The first-order valence-corrected chi connectivity index (χ1v) is 7.20. The van der Waals surface area contributed by atoms with Crippen molar-refractivity contribution in [3.8, 4) is 5.75 Å². The van der Waals surface area contributed by atoms with Crippen LogP contribution in [0.1, 0.15) is 43.0 Å². The van der Waals surface area contributed by atoms with Crippen molar-refractivity contribution in [3.63, 3.8) is 0 Å². The summed E-state index contributed by atoms with van der Waals surface area (Å²) in [5, 5.41) is 6.99. The molecule has 5 nitrogen and oxygen atoms in total. The van der Waals surface area contributed by atoms with Gasteiger partial charge >= 0.3 is 0 Å². The monoisotopic (exact) mass is 291 g/mol. The van der Waals surface area contributed by atoms with E-state index in [1.807, 2.05) is 13.0 Å². The van der Waals surface area contributed by atoms with E-state index in [-0.39, 0.29) is 18.2 Å². The van der Waals surface area contributed by atoms with Gasteiger partial charge in [0.1, 0.15) is 0 Å². The Kier molecular flexibility index (Phi) is 4.15. The minimum absolute atomic E-state index is 0.111. The highest BCUT2D eigenvalue weighted by atomic mass is 19.1. The number of benzene rings is 1. The summed E-state index contributed by atoms with van der Waals surface area (Å²) in [6.07, 6.45) is 2.20. The van der Waals surface area contributed by atoms with Gasteiger partial charge in [-0.15, -0.1) is 0 Å². The fourth-order valence-corrected chi connectivity index (χ4v) is 2.01. The lowest BCUT2D eigenvalue weighted by atomic mass is 10.2. The fraction of sp³-hybridized carbons (Fsp3) is 0.467. The van der Waals surface area contributed by atoms with E-state index in [9.17, 15) is 4.39 Å². The molecular weight excluding hydrogens is 273 g/mol. The number of halogens is 1. The highest BCUT2D eigenvalue weighted by molar-refractivity contribution is 5.29. The Morgan fingerprint density at radius 3 is 3.00 bits per heavy atom. The average Bonchev–Trinajstić information content (AvgIpc) is 3.23. The summed E-state index contributed by atoms with van der Waals surface area (Å²) in [7, 11) is 0. The van der Waals surface area contributed by atoms with E-state index in [1.165, 1.54) is 6.07 Å². The van der Waals surface area contributed by atoms with Gasteiger partial charge in [-0.05, 0) is 37.1 Å². The van der Waals surface area contributed by atoms with Gasteiger partial charge in [0.05, 0.1) is 0 Å². The van der Waals surface area contributed by atoms with E-state index >= 15 is 0 Å². The molecule has 1 N–H and O–H groups in total. The first kappa shape index (κ1) is 14.0. The fourth-order valence-electron chi connectivity index (χ4n) is 2.01. The number of rotatable bonds is 7. The van der Waals surface area contributed by atoms with Crippen LogP contribution in [0.3, 0.4) is 0 Å². The Morgan fingerprint density at radius 1 is 1.43 bits per heavy atom. The lowest BCUT2D eigenvalue weighted by Crippen LogP contribution is -2.11. The van der Waals surface area contributed by atoms with Gasteiger partial charge in [0.25, 0.3) is 0 Å². The van der Waals surface area contributed by atoms with Crippen LogP contribution in [0.25, 0.3) is 0 Å². The number of ether oxygens (including phenoxy) is 1. The summed E-state index contributed by atoms with van der Waals surface area (Å²) in [4.78, 5) is 4.24. The Balaban J connectivity index is 1.58. The van der Waals surface area contributed by atoms with Crippen LogP contribution >= 0.6 is 0 Å². The Labute approximate surface area is 122 Å². The van der Waals surface area contributed by atoms with Crippen LogP contribution in [0, 0.1) is 5.82 Å². The predicted octanol–water partition coefficient (Wildman–Crippen LogP) is 2.77. The quantitative estimate of drug-likeness (QED) is 0.850. The number of nitrogens with zero attached hydrogens (tertiary/aromatic N) is 2. The topological polar surface area (TPSA) is 60.2 Å². The number of hydrogen-bond donors (Lipinski definition) is 1. The van der Waals surface area contributed by atoms with Crippen molar-refractivity contribution < 1.29 is 13.7 Å². The summed E-state index contributed by atoms with van der Waals surface area (Å²) < 4.78 is 24.4. The van der Waals surface area contributed by atoms with Crippen LogP contribution in [0.4, 0.5) is 4.39 Å². The molecule has 21 heavy (non-hydrogen) atoms. The molecule has 3 rings (SSSR count). The van der Waals surface area contributed by atoms with Gasteiger partial charge in [-0.2, -0.15) is 4.98 Å². The van der Waals surface area contributed by atoms with Crippen LogP contribution in [0.2, 0.25) is 0 Å². The van der Waals surface area contributed by atoms with Crippen LogP contribution < -0.4 is 10.1 Å². The summed E-state index contributed by atoms with van der Waals surface area (Å²) in [5.41, 5.74) is 0.886. The zero-order valence-electron chi connectivity index (χ0n) is 11.9. The largest absolute Gasteiger partial charge is 0.482 e. The van der Waals surface area contributed by atoms with Crippen molar-refractivity contribution >= 4 is 0 Å². The van der Waals surface area contributed by atoms with E-state index in [0.717, 1.165) is 24.9 Å². The third-order valence-corrected chi connectivity index (χ3v) is 3.34. The summed E-state index contributed by atoms with van der Waals surface area (Å²) in [6.45, 7) is 3.61. The predicted molar refractivity (Wildman–Crippen MR) is 74.4 cm³/mol. The molecule has 1 aliphatic rings. The van der Waals surface area contributed by atoms with Gasteiger partial charge in [-0.3, -0.25) is 0 Å². The first-order chi connectivity index (χ1) is 10.3. The minimum Gasteiger partial charge on any atom is -0.482 e. The van der Waals surface area contributed by atoms with Crippen LogP contribution in [0.15, 0.2) is 22.7 Å². The van der Waals surface area contributed by atoms with Gasteiger partial charge in [0.2, 0.25) is 11.7 Å². The molecule has 0 bridgehead atoms. The number of hydrogen-bond acceptors (Lipinski definition) is 5. The highest BCUT2D eigenvalue weighted by Crippen LogP contribution is 2.38. The molecule has 0 aliphatic heterocycles. The third kappa shape index (κ3) is 3.58. The minimum atomic E-state index is -0.378. The summed E-state index contributed by atoms with van der Waals surface area (Å²) in [6, 6.07) is 4.95. The van der Waals surface area contributed by atoms with Crippen molar-refractivity contribution in [2.75, 3.05) is 6.54 Å². The van der Waals surface area contributed by atoms with E-state index in [4.69, 9.17) is 9.26 Å².